The second-order valence-electron chi connectivity index (χ2n) is 1.55. The highest BCUT2D eigenvalue weighted by atomic mass is 28.4. The van der Waals surface area contributed by atoms with Crippen LogP contribution >= 0.6 is 0 Å². The van der Waals surface area contributed by atoms with Crippen LogP contribution in [0, 0.1) is 0 Å². The maximum Gasteiger partial charge on any atom is 0.748 e. The molecule has 11 heavy (non-hydrogen) atoms. The van der Waals surface area contributed by atoms with Gasteiger partial charge in [0.25, 0.3) is 0 Å². The Balaban J connectivity index is 4.15. The maximum absolute atomic E-state index is 5.00. The third kappa shape index (κ3) is 2.88. The molecule has 0 radical (unpaired) electrons. The van der Waals surface area contributed by atoms with Crippen molar-refractivity contribution in [1.29, 1.82) is 0 Å². The highest BCUT2D eigenvalue weighted by Gasteiger charge is 2.43. The quantitative estimate of drug-likeness (QED) is 0.350. The van der Waals surface area contributed by atoms with E-state index in [0.717, 1.165) is 0 Å². The molecule has 0 atom stereocenters. The second-order valence-corrected chi connectivity index (χ2v) is 4.01. The summed E-state index contributed by atoms with van der Waals surface area (Å²) >= 11 is 0. The van der Waals surface area contributed by atoms with E-state index in [1.165, 1.54) is 27.6 Å². The van der Waals surface area contributed by atoms with Crippen LogP contribution in [-0.2, 0) is 17.7 Å². The van der Waals surface area contributed by atoms with Gasteiger partial charge in [-0.25, -0.2) is 0 Å². The Morgan fingerprint density at radius 3 is 1.91 bits per heavy atom. The van der Waals surface area contributed by atoms with Gasteiger partial charge in [0.2, 0.25) is 0 Å². The Bertz CT molecular complexity index is 140. The van der Waals surface area contributed by atoms with E-state index in [1.54, 1.807) is 0 Å². The summed E-state index contributed by atoms with van der Waals surface area (Å²) in [7, 11) is 1.47. The molecular formula is C6H12O4Si. The molecule has 0 unspecified atom stereocenters. The van der Waals surface area contributed by atoms with E-state index in [1.807, 2.05) is 0 Å². The molecule has 0 aliphatic rings. The zero-order valence-electron chi connectivity index (χ0n) is 6.92. The summed E-state index contributed by atoms with van der Waals surface area (Å²) in [5.41, 5.74) is 2.42. The lowest BCUT2D eigenvalue weighted by Crippen LogP contribution is -2.44. The molecule has 0 amide bonds. The molecule has 0 aromatic heterocycles. The average Bonchev–Trinajstić information content (AvgIpc) is 2.08. The smallest absolute Gasteiger partial charge is 0.480 e. The first-order valence-corrected chi connectivity index (χ1v) is 4.55. The molecule has 64 valence electrons. The lowest BCUT2D eigenvalue weighted by atomic mass is 11.0. The second kappa shape index (κ2) is 5.12. The van der Waals surface area contributed by atoms with Gasteiger partial charge in [0, 0.05) is 21.3 Å². The van der Waals surface area contributed by atoms with Crippen LogP contribution in [0.25, 0.3) is 0 Å². The number of hydrogen-bond donors (Lipinski definition) is 0. The zero-order chi connectivity index (χ0) is 8.74. The molecule has 5 heteroatoms. The summed E-state index contributed by atoms with van der Waals surface area (Å²) in [5.74, 6) is 0. The highest BCUT2D eigenvalue weighted by molar-refractivity contribution is 6.53. The van der Waals surface area contributed by atoms with E-state index >= 15 is 0 Å². The largest absolute Gasteiger partial charge is 0.748 e. The lowest BCUT2D eigenvalue weighted by molar-refractivity contribution is 0.0351. The van der Waals surface area contributed by atoms with E-state index in [4.69, 9.17) is 17.7 Å². The van der Waals surface area contributed by atoms with Crippen LogP contribution in [0.1, 0.15) is 0 Å². The summed E-state index contributed by atoms with van der Waals surface area (Å²) in [5, 5.41) is 0. The van der Waals surface area contributed by atoms with Crippen molar-refractivity contribution in [1.82, 2.24) is 0 Å². The van der Waals surface area contributed by atoms with Gasteiger partial charge in [-0.1, -0.05) is 12.3 Å². The van der Waals surface area contributed by atoms with Crippen molar-refractivity contribution in [3.63, 3.8) is 0 Å². The molecule has 0 fully saturated rings. The van der Waals surface area contributed by atoms with Crippen LogP contribution in [-0.4, -0.2) is 30.4 Å². The highest BCUT2D eigenvalue weighted by Crippen LogP contribution is 2.07. The SMILES string of the molecule is C=C=CO[Si](OC)(OC)OC. The first-order chi connectivity index (χ1) is 5.24. The van der Waals surface area contributed by atoms with Gasteiger partial charge in [0.1, 0.15) is 6.26 Å². The van der Waals surface area contributed by atoms with Gasteiger partial charge in [0.15, 0.2) is 0 Å². The van der Waals surface area contributed by atoms with Crippen molar-refractivity contribution in [3.8, 4) is 0 Å². The van der Waals surface area contributed by atoms with Crippen molar-refractivity contribution in [2.24, 2.45) is 0 Å². The van der Waals surface area contributed by atoms with E-state index in [2.05, 4.69) is 12.3 Å². The molecule has 0 aliphatic carbocycles. The predicted octanol–water partition coefficient (Wildman–Crippen LogP) is 0.676. The van der Waals surface area contributed by atoms with Gasteiger partial charge in [-0.2, -0.15) is 0 Å². The number of rotatable bonds is 5. The van der Waals surface area contributed by atoms with E-state index in [9.17, 15) is 0 Å². The van der Waals surface area contributed by atoms with Crippen LogP contribution in [0.15, 0.2) is 18.6 Å². The van der Waals surface area contributed by atoms with Crippen LogP contribution in [0.3, 0.4) is 0 Å². The average molecular weight is 176 g/mol. The van der Waals surface area contributed by atoms with Crippen molar-refractivity contribution in [2.75, 3.05) is 21.3 Å². The molecule has 0 N–H and O–H groups in total. The van der Waals surface area contributed by atoms with Crippen molar-refractivity contribution >= 4 is 9.05 Å². The first kappa shape index (κ1) is 10.4. The van der Waals surface area contributed by atoms with Crippen molar-refractivity contribution in [2.45, 2.75) is 0 Å². The topological polar surface area (TPSA) is 36.9 Å². The monoisotopic (exact) mass is 176 g/mol. The molecule has 0 aromatic rings. The van der Waals surface area contributed by atoms with E-state index in [-0.39, 0.29) is 0 Å². The van der Waals surface area contributed by atoms with Gasteiger partial charge in [-0.3, -0.25) is 0 Å². The van der Waals surface area contributed by atoms with Crippen LogP contribution in [0.2, 0.25) is 0 Å². The van der Waals surface area contributed by atoms with Crippen LogP contribution in [0.5, 0.6) is 0 Å². The first-order valence-electron chi connectivity index (χ1n) is 2.92. The van der Waals surface area contributed by atoms with Crippen molar-refractivity contribution in [3.05, 3.63) is 18.6 Å². The Labute approximate surface area is 67.5 Å². The van der Waals surface area contributed by atoms with E-state index < -0.39 is 9.05 Å². The number of hydrogen-bond acceptors (Lipinski definition) is 4. The van der Waals surface area contributed by atoms with Crippen molar-refractivity contribution < 1.29 is 17.7 Å². The standard InChI is InChI=1S/C6H12O4Si/c1-5-6-10-11(7-2,8-3)9-4/h6H,1H2,2-4H3. The van der Waals surface area contributed by atoms with Crippen LogP contribution < -0.4 is 0 Å². The normalized spacial score (nSPS) is 10.5. The fraction of sp³-hybridized carbons (Fsp3) is 0.500. The van der Waals surface area contributed by atoms with Gasteiger partial charge in [-0.05, 0) is 0 Å². The summed E-state index contributed by atoms with van der Waals surface area (Å²) < 4.78 is 19.7. The molecule has 0 bridgehead atoms. The Kier molecular flexibility index (Phi) is 4.85. The maximum atomic E-state index is 5.00. The molecule has 0 aliphatic heterocycles. The molecule has 0 spiro atoms. The summed E-state index contributed by atoms with van der Waals surface area (Å²) in [6.07, 6.45) is 1.25. The van der Waals surface area contributed by atoms with Crippen LogP contribution in [0.4, 0.5) is 0 Å². The lowest BCUT2D eigenvalue weighted by Gasteiger charge is -2.20. The van der Waals surface area contributed by atoms with Gasteiger partial charge >= 0.3 is 9.05 Å². The Morgan fingerprint density at radius 2 is 1.64 bits per heavy atom. The summed E-state index contributed by atoms with van der Waals surface area (Å²) in [6, 6.07) is 0. The zero-order valence-corrected chi connectivity index (χ0v) is 7.92. The fourth-order valence-corrected chi connectivity index (χ4v) is 1.52. The molecule has 0 rings (SSSR count). The van der Waals surface area contributed by atoms with Gasteiger partial charge in [-0.15, -0.1) is 0 Å². The molecule has 4 nitrogen and oxygen atoms in total. The third-order valence-electron chi connectivity index (χ3n) is 1.04. The minimum absolute atomic E-state index is 1.25. The third-order valence-corrected chi connectivity index (χ3v) is 2.94. The molecule has 0 saturated carbocycles. The molecule has 0 aromatic carbocycles. The molecule has 0 heterocycles. The minimum atomic E-state index is -2.90. The van der Waals surface area contributed by atoms with Gasteiger partial charge < -0.3 is 17.7 Å². The molecular weight excluding hydrogens is 164 g/mol. The van der Waals surface area contributed by atoms with E-state index in [0.29, 0.717) is 0 Å². The minimum Gasteiger partial charge on any atom is -0.480 e. The predicted molar refractivity (Wildman–Crippen MR) is 41.6 cm³/mol. The summed E-state index contributed by atoms with van der Waals surface area (Å²) in [4.78, 5) is 0. The fourth-order valence-electron chi connectivity index (χ4n) is 0.508. The Hall–Kier alpha value is -0.583. The van der Waals surface area contributed by atoms with Gasteiger partial charge in [0.05, 0.1) is 0 Å². The molecule has 0 saturated heterocycles. The summed E-state index contributed by atoms with van der Waals surface area (Å²) in [6.45, 7) is 3.32. The Morgan fingerprint density at radius 1 is 1.18 bits per heavy atom.